The molecule has 27 heavy (non-hydrogen) atoms. The van der Waals surface area contributed by atoms with E-state index in [0.29, 0.717) is 17.1 Å². The van der Waals surface area contributed by atoms with E-state index in [1.165, 1.54) is 9.78 Å². The third-order valence-electron chi connectivity index (χ3n) is 4.32. The Balaban J connectivity index is 1.68. The Morgan fingerprint density at radius 3 is 2.70 bits per heavy atom. The number of nitrogens with zero attached hydrogens (tertiary/aromatic N) is 3. The highest BCUT2D eigenvalue weighted by atomic mass is 32.1. The zero-order chi connectivity index (χ0) is 19.6. The van der Waals surface area contributed by atoms with Crippen LogP contribution in [-0.2, 0) is 11.3 Å². The van der Waals surface area contributed by atoms with Crippen LogP contribution in [0.1, 0.15) is 32.4 Å². The number of nitrogens with one attached hydrogen (secondary N) is 1. The molecule has 3 aromatic heterocycles. The minimum Gasteiger partial charge on any atom is -0.360 e. The molecule has 0 unspecified atom stereocenters. The summed E-state index contributed by atoms with van der Waals surface area (Å²) < 4.78 is 7.03. The smallest absolute Gasteiger partial charge is 0.255 e. The Labute approximate surface area is 161 Å². The van der Waals surface area contributed by atoms with Gasteiger partial charge in [0.2, 0.25) is 5.91 Å². The van der Waals surface area contributed by atoms with Crippen LogP contribution in [0.3, 0.4) is 0 Å². The third-order valence-corrected chi connectivity index (χ3v) is 5.18. The molecule has 0 fully saturated rings. The average molecular weight is 386 g/mol. The number of carbonyl (C=O) groups is 2. The molecule has 0 saturated carbocycles. The predicted molar refractivity (Wildman–Crippen MR) is 104 cm³/mol. The maximum absolute atomic E-state index is 12.8. The molecule has 0 saturated heterocycles. The minimum absolute atomic E-state index is 0.0701. The second-order valence-corrected chi connectivity index (χ2v) is 7.51. The molecule has 3 rings (SSSR count). The van der Waals surface area contributed by atoms with Crippen LogP contribution in [0, 0.1) is 20.8 Å². The number of hydrogen-bond acceptors (Lipinski definition) is 5. The fraction of sp³-hybridized carbons (Fsp3) is 0.316. The van der Waals surface area contributed by atoms with E-state index in [4.69, 9.17) is 4.52 Å². The van der Waals surface area contributed by atoms with Crippen molar-refractivity contribution in [2.45, 2.75) is 27.3 Å². The van der Waals surface area contributed by atoms with E-state index in [-0.39, 0.29) is 18.4 Å². The largest absolute Gasteiger partial charge is 0.360 e. The predicted octanol–water partition coefficient (Wildman–Crippen LogP) is 3.22. The SMILES string of the molecule is Cc1cc(NC(=O)CN(C)C(=O)c2cc(C)n(Cc3cccs3)c2C)no1. The molecule has 142 valence electrons. The van der Waals surface area contributed by atoms with Crippen molar-refractivity contribution < 1.29 is 14.1 Å². The first-order chi connectivity index (χ1) is 12.8. The maximum atomic E-state index is 12.8. The first-order valence-corrected chi connectivity index (χ1v) is 9.41. The van der Waals surface area contributed by atoms with E-state index < -0.39 is 0 Å². The number of likely N-dealkylation sites (N-methyl/N-ethyl adjacent to an activating group) is 1. The molecule has 0 aliphatic rings. The summed E-state index contributed by atoms with van der Waals surface area (Å²) in [5, 5.41) is 8.38. The molecule has 1 N–H and O–H groups in total. The summed E-state index contributed by atoms with van der Waals surface area (Å²) in [6.07, 6.45) is 0. The Morgan fingerprint density at radius 2 is 2.07 bits per heavy atom. The molecule has 0 spiro atoms. The molecule has 8 heteroatoms. The van der Waals surface area contributed by atoms with Gasteiger partial charge >= 0.3 is 0 Å². The molecule has 0 aliphatic carbocycles. The van der Waals surface area contributed by atoms with Gasteiger partial charge in [-0.25, -0.2) is 0 Å². The minimum atomic E-state index is -0.327. The van der Waals surface area contributed by atoms with Gasteiger partial charge in [-0.05, 0) is 38.3 Å². The van der Waals surface area contributed by atoms with Gasteiger partial charge in [0.15, 0.2) is 5.82 Å². The van der Waals surface area contributed by atoms with Gasteiger partial charge in [-0.3, -0.25) is 9.59 Å². The lowest BCUT2D eigenvalue weighted by molar-refractivity contribution is -0.116. The number of carbonyl (C=O) groups excluding carboxylic acids is 2. The average Bonchev–Trinajstić information content (AvgIpc) is 3.32. The highest BCUT2D eigenvalue weighted by Crippen LogP contribution is 2.20. The van der Waals surface area contributed by atoms with Crippen molar-refractivity contribution in [1.82, 2.24) is 14.6 Å². The molecule has 7 nitrogen and oxygen atoms in total. The molecule has 3 heterocycles. The number of rotatable bonds is 6. The van der Waals surface area contributed by atoms with Crippen molar-refractivity contribution in [3.05, 3.63) is 57.2 Å². The Bertz CT molecular complexity index is 956. The number of anilines is 1. The van der Waals surface area contributed by atoms with Crippen LogP contribution in [0.5, 0.6) is 0 Å². The van der Waals surface area contributed by atoms with Crippen LogP contribution in [0.2, 0.25) is 0 Å². The molecule has 0 atom stereocenters. The lowest BCUT2D eigenvalue weighted by Crippen LogP contribution is -2.35. The monoisotopic (exact) mass is 386 g/mol. The van der Waals surface area contributed by atoms with E-state index >= 15 is 0 Å². The standard InChI is InChI=1S/C19H22N4O3S/c1-12-8-16(14(3)23(12)10-15-6-5-7-27-15)19(25)22(4)11-18(24)20-17-9-13(2)26-21-17/h5-9H,10-11H2,1-4H3,(H,20,21,24). The number of aryl methyl sites for hydroxylation is 2. The zero-order valence-corrected chi connectivity index (χ0v) is 16.6. The number of thiophene rings is 1. The van der Waals surface area contributed by atoms with Crippen molar-refractivity contribution >= 4 is 29.0 Å². The maximum Gasteiger partial charge on any atom is 0.255 e. The topological polar surface area (TPSA) is 80.4 Å². The molecule has 0 radical (unpaired) electrons. The van der Waals surface area contributed by atoms with Gasteiger partial charge in [-0.1, -0.05) is 11.2 Å². The Hall–Kier alpha value is -2.87. The molecular formula is C19H22N4O3S. The lowest BCUT2D eigenvalue weighted by Gasteiger charge is -2.16. The summed E-state index contributed by atoms with van der Waals surface area (Å²) in [6, 6.07) is 7.59. The van der Waals surface area contributed by atoms with E-state index in [9.17, 15) is 9.59 Å². The van der Waals surface area contributed by atoms with Crippen molar-refractivity contribution in [1.29, 1.82) is 0 Å². The first-order valence-electron chi connectivity index (χ1n) is 8.53. The van der Waals surface area contributed by atoms with Gasteiger partial charge in [-0.2, -0.15) is 0 Å². The molecular weight excluding hydrogens is 364 g/mol. The highest BCUT2D eigenvalue weighted by molar-refractivity contribution is 7.09. The second kappa shape index (κ2) is 7.79. The summed E-state index contributed by atoms with van der Waals surface area (Å²) in [4.78, 5) is 27.6. The lowest BCUT2D eigenvalue weighted by atomic mass is 10.2. The van der Waals surface area contributed by atoms with Crippen LogP contribution in [0.4, 0.5) is 5.82 Å². The summed E-state index contributed by atoms with van der Waals surface area (Å²) in [7, 11) is 1.61. The summed E-state index contributed by atoms with van der Waals surface area (Å²) in [5.41, 5.74) is 2.52. The van der Waals surface area contributed by atoms with Gasteiger partial charge in [0.25, 0.3) is 5.91 Å². The van der Waals surface area contributed by atoms with Crippen LogP contribution >= 0.6 is 11.3 Å². The number of hydrogen-bond donors (Lipinski definition) is 1. The fourth-order valence-electron chi connectivity index (χ4n) is 2.92. The van der Waals surface area contributed by atoms with E-state index in [1.54, 1.807) is 31.4 Å². The number of aromatic nitrogens is 2. The zero-order valence-electron chi connectivity index (χ0n) is 15.8. The van der Waals surface area contributed by atoms with Gasteiger partial charge in [0.1, 0.15) is 5.76 Å². The first kappa shape index (κ1) is 18.9. The number of amides is 2. The van der Waals surface area contributed by atoms with Crippen molar-refractivity contribution in [3.63, 3.8) is 0 Å². The van der Waals surface area contributed by atoms with Gasteiger partial charge < -0.3 is 19.3 Å². The summed E-state index contributed by atoms with van der Waals surface area (Å²) in [5.74, 6) is 0.430. The van der Waals surface area contributed by atoms with Crippen LogP contribution in [-0.4, -0.2) is 40.0 Å². The fourth-order valence-corrected chi connectivity index (χ4v) is 3.61. The quantitative estimate of drug-likeness (QED) is 0.705. The van der Waals surface area contributed by atoms with Crippen LogP contribution in [0.25, 0.3) is 0 Å². The van der Waals surface area contributed by atoms with Gasteiger partial charge in [-0.15, -0.1) is 11.3 Å². The molecule has 0 aliphatic heterocycles. The second-order valence-electron chi connectivity index (χ2n) is 6.48. The van der Waals surface area contributed by atoms with E-state index in [1.807, 2.05) is 31.4 Å². The van der Waals surface area contributed by atoms with Gasteiger partial charge in [0.05, 0.1) is 18.7 Å². The molecule has 2 amide bonds. The molecule has 0 bridgehead atoms. The Kier molecular flexibility index (Phi) is 5.46. The van der Waals surface area contributed by atoms with E-state index in [0.717, 1.165) is 17.9 Å². The third kappa shape index (κ3) is 4.28. The molecule has 3 aromatic rings. The highest BCUT2D eigenvalue weighted by Gasteiger charge is 2.21. The summed E-state index contributed by atoms with van der Waals surface area (Å²) >= 11 is 1.69. The van der Waals surface area contributed by atoms with Gasteiger partial charge in [0, 0.05) is 29.4 Å². The van der Waals surface area contributed by atoms with Crippen LogP contribution < -0.4 is 5.32 Å². The Morgan fingerprint density at radius 1 is 1.30 bits per heavy atom. The summed E-state index contributed by atoms with van der Waals surface area (Å²) in [6.45, 7) is 6.32. The molecule has 0 aromatic carbocycles. The normalized spacial score (nSPS) is 10.8. The van der Waals surface area contributed by atoms with Crippen LogP contribution in [0.15, 0.2) is 34.2 Å². The van der Waals surface area contributed by atoms with Crippen molar-refractivity contribution in [3.8, 4) is 0 Å². The van der Waals surface area contributed by atoms with E-state index in [2.05, 4.69) is 21.1 Å². The van der Waals surface area contributed by atoms with Crippen molar-refractivity contribution in [2.75, 3.05) is 18.9 Å². The van der Waals surface area contributed by atoms with Crippen molar-refractivity contribution in [2.24, 2.45) is 0 Å².